The van der Waals surface area contributed by atoms with Crippen molar-refractivity contribution in [2.45, 2.75) is 11.3 Å². The van der Waals surface area contributed by atoms with Gasteiger partial charge in [0.25, 0.3) is 0 Å². The molecule has 1 aliphatic heterocycles. The van der Waals surface area contributed by atoms with Gasteiger partial charge >= 0.3 is 0 Å². The first kappa shape index (κ1) is 41.0. The second-order valence-corrected chi connectivity index (χ2v) is 19.1. The van der Waals surface area contributed by atoms with E-state index in [2.05, 4.69) is 273 Å². The van der Waals surface area contributed by atoms with Crippen LogP contribution in [0.4, 0.5) is 0 Å². The normalized spacial score (nSPS) is 13.2. The van der Waals surface area contributed by atoms with Gasteiger partial charge in [0.2, 0.25) is 0 Å². The third-order valence-corrected chi connectivity index (χ3v) is 15.2. The minimum Gasteiger partial charge on any atom is -0.455 e. The Bertz CT molecular complexity index is 3840. The summed E-state index contributed by atoms with van der Waals surface area (Å²) in [5, 5.41) is 4.58. The highest BCUT2D eigenvalue weighted by Crippen LogP contribution is 2.64. The Kier molecular flexibility index (Phi) is 9.57. The molecule has 0 saturated heterocycles. The molecule has 1 spiro atoms. The summed E-state index contributed by atoms with van der Waals surface area (Å²) in [5.74, 6) is 1.91. The first-order valence-electron chi connectivity index (χ1n) is 24.7. The monoisotopic (exact) mass is 902 g/mol. The van der Waals surface area contributed by atoms with Crippen molar-refractivity contribution >= 4 is 21.5 Å². The topological polar surface area (TPSA) is 9.23 Å². The number of benzene rings is 12. The van der Waals surface area contributed by atoms with E-state index in [0.717, 1.165) is 22.3 Å². The molecule has 2 aliphatic rings. The van der Waals surface area contributed by atoms with Crippen LogP contribution >= 0.6 is 0 Å². The molecule has 0 fully saturated rings. The Morgan fingerprint density at radius 2 is 0.690 bits per heavy atom. The highest BCUT2D eigenvalue weighted by Gasteiger charge is 2.52. The maximum atomic E-state index is 7.20. The van der Waals surface area contributed by atoms with E-state index >= 15 is 0 Å². The van der Waals surface area contributed by atoms with Crippen LogP contribution in [-0.4, -0.2) is 0 Å². The lowest BCUT2D eigenvalue weighted by Gasteiger charge is -2.40. The molecule has 1 aliphatic carbocycles. The second-order valence-electron chi connectivity index (χ2n) is 19.1. The summed E-state index contributed by atoms with van der Waals surface area (Å²) >= 11 is 0. The third-order valence-electron chi connectivity index (χ3n) is 15.2. The largest absolute Gasteiger partial charge is 0.455 e. The lowest BCUT2D eigenvalue weighted by molar-refractivity contribution is 0.447. The minimum absolute atomic E-state index is 0.0418. The van der Waals surface area contributed by atoms with Gasteiger partial charge in [-0.2, -0.15) is 0 Å². The van der Waals surface area contributed by atoms with Crippen molar-refractivity contribution in [2.24, 2.45) is 0 Å². The lowest BCUT2D eigenvalue weighted by atomic mass is 9.65. The quantitative estimate of drug-likeness (QED) is 0.145. The Balaban J connectivity index is 0.857. The van der Waals surface area contributed by atoms with Crippen molar-refractivity contribution < 1.29 is 4.74 Å². The summed E-state index contributed by atoms with van der Waals surface area (Å²) in [6, 6.07) is 100. The van der Waals surface area contributed by atoms with Gasteiger partial charge in [0.1, 0.15) is 11.5 Å². The smallest absolute Gasteiger partial charge is 0.140 e. The molecule has 332 valence electrons. The van der Waals surface area contributed by atoms with Crippen LogP contribution in [0.2, 0.25) is 0 Å². The van der Waals surface area contributed by atoms with Gasteiger partial charge in [0.15, 0.2) is 0 Å². The van der Waals surface area contributed by atoms with Crippen molar-refractivity contribution in [3.63, 3.8) is 0 Å². The van der Waals surface area contributed by atoms with E-state index in [4.69, 9.17) is 4.74 Å². The van der Waals surface area contributed by atoms with E-state index in [1.54, 1.807) is 0 Å². The predicted molar refractivity (Wildman–Crippen MR) is 294 cm³/mol. The van der Waals surface area contributed by atoms with E-state index in [1.807, 2.05) is 0 Å². The van der Waals surface area contributed by atoms with Gasteiger partial charge in [-0.25, -0.2) is 0 Å². The highest BCUT2D eigenvalue weighted by atomic mass is 16.5. The zero-order chi connectivity index (χ0) is 46.9. The fraction of sp³-hybridized carbons (Fsp3) is 0.0286. The lowest BCUT2D eigenvalue weighted by Crippen LogP contribution is -2.32. The molecule has 0 N–H and O–H groups in total. The summed E-state index contributed by atoms with van der Waals surface area (Å²) in [7, 11) is 0. The molecule has 1 unspecified atom stereocenters. The van der Waals surface area contributed by atoms with Gasteiger partial charge in [0, 0.05) is 27.8 Å². The molecule has 1 heteroatoms. The zero-order valence-corrected chi connectivity index (χ0v) is 39.0. The van der Waals surface area contributed by atoms with Crippen molar-refractivity contribution in [2.75, 3.05) is 0 Å². The van der Waals surface area contributed by atoms with Crippen molar-refractivity contribution in [1.82, 2.24) is 0 Å². The van der Waals surface area contributed by atoms with Crippen molar-refractivity contribution in [3.8, 4) is 67.1 Å². The van der Waals surface area contributed by atoms with Crippen LogP contribution in [-0.2, 0) is 5.41 Å². The van der Waals surface area contributed by atoms with Gasteiger partial charge < -0.3 is 4.74 Å². The van der Waals surface area contributed by atoms with Gasteiger partial charge in [-0.05, 0) is 106 Å². The molecule has 12 aromatic rings. The fourth-order valence-corrected chi connectivity index (χ4v) is 11.9. The first-order chi connectivity index (χ1) is 35.2. The van der Waals surface area contributed by atoms with Crippen molar-refractivity contribution in [1.29, 1.82) is 0 Å². The molecule has 1 nitrogen and oxygen atoms in total. The molecule has 71 heavy (non-hydrogen) atoms. The van der Waals surface area contributed by atoms with Gasteiger partial charge in [-0.3, -0.25) is 0 Å². The molecule has 1 atom stereocenters. The minimum atomic E-state index is -0.593. The standard InChI is InChI=1S/C70H46O/c1-4-16-46(17-5-1)56-42-57(47-18-6-2-7-19-47)44-58(43-56)67(53-22-8-3-9-23-53)54-34-32-49(33-35-54)48-28-30-50(31-29-48)55-36-39-62-61-26-14-15-27-63(61)70(66(62)45-55)64-40-37-51-20-10-12-24-59(51)68(64)71-69-60-25-13-11-21-52(60)38-41-65(69)70/h1-45,67H. The molecular weight excluding hydrogens is 857 g/mol. The first-order valence-corrected chi connectivity index (χ1v) is 24.7. The maximum Gasteiger partial charge on any atom is 0.140 e. The molecule has 1 heterocycles. The Hall–Kier alpha value is -9.04. The number of hydrogen-bond donors (Lipinski definition) is 0. The zero-order valence-electron chi connectivity index (χ0n) is 39.0. The van der Waals surface area contributed by atoms with Crippen LogP contribution in [0.5, 0.6) is 11.5 Å². The molecule has 0 aromatic heterocycles. The SMILES string of the molecule is c1ccc(-c2cc(-c3ccccc3)cc(C(c3ccccc3)c3ccc(-c4ccc(-c5ccc6c(c5)C5(c7ccccc7-6)c6ccc7ccccc7c6Oc6c5ccc5ccccc65)cc4)cc3)c2)cc1. The molecule has 0 saturated carbocycles. The van der Waals surface area contributed by atoms with Gasteiger partial charge in [-0.15, -0.1) is 0 Å². The molecule has 0 bridgehead atoms. The summed E-state index contributed by atoms with van der Waals surface area (Å²) < 4.78 is 7.20. The number of rotatable bonds is 7. The fourth-order valence-electron chi connectivity index (χ4n) is 11.9. The second kappa shape index (κ2) is 16.6. The third kappa shape index (κ3) is 6.62. The number of fused-ring (bicyclic) bond motifs is 13. The van der Waals surface area contributed by atoms with Crippen LogP contribution in [0.15, 0.2) is 273 Å². The Morgan fingerprint density at radius 1 is 0.254 bits per heavy atom. The predicted octanol–water partition coefficient (Wildman–Crippen LogP) is 18.3. The Morgan fingerprint density at radius 3 is 1.28 bits per heavy atom. The van der Waals surface area contributed by atoms with E-state index in [1.165, 1.54) is 105 Å². The summed E-state index contributed by atoms with van der Waals surface area (Å²) in [4.78, 5) is 0. The van der Waals surface area contributed by atoms with E-state index in [0.29, 0.717) is 0 Å². The summed E-state index contributed by atoms with van der Waals surface area (Å²) in [6.45, 7) is 0. The van der Waals surface area contributed by atoms with Crippen LogP contribution in [0.3, 0.4) is 0 Å². The average Bonchev–Trinajstić information content (AvgIpc) is 3.74. The van der Waals surface area contributed by atoms with Gasteiger partial charge in [0.05, 0.1) is 5.41 Å². The van der Waals surface area contributed by atoms with Crippen LogP contribution < -0.4 is 4.74 Å². The molecule has 0 amide bonds. The van der Waals surface area contributed by atoms with Gasteiger partial charge in [-0.1, -0.05) is 261 Å². The Labute approximate surface area is 414 Å². The average molecular weight is 903 g/mol. The molecule has 0 radical (unpaired) electrons. The molecule has 14 rings (SSSR count). The summed E-state index contributed by atoms with van der Waals surface area (Å²) in [5.41, 5.74) is 20.2. The van der Waals surface area contributed by atoms with E-state index < -0.39 is 5.41 Å². The highest BCUT2D eigenvalue weighted by molar-refractivity contribution is 6.00. The van der Waals surface area contributed by atoms with Crippen molar-refractivity contribution in [3.05, 3.63) is 312 Å². The molecule has 12 aromatic carbocycles. The number of hydrogen-bond acceptors (Lipinski definition) is 1. The van der Waals surface area contributed by atoms with Crippen LogP contribution in [0, 0.1) is 0 Å². The van der Waals surface area contributed by atoms with Crippen LogP contribution in [0.1, 0.15) is 44.9 Å². The summed E-state index contributed by atoms with van der Waals surface area (Å²) in [6.07, 6.45) is 0. The van der Waals surface area contributed by atoms with E-state index in [9.17, 15) is 0 Å². The van der Waals surface area contributed by atoms with Crippen LogP contribution in [0.25, 0.3) is 77.2 Å². The van der Waals surface area contributed by atoms with E-state index in [-0.39, 0.29) is 5.92 Å². The number of ether oxygens (including phenoxy) is 1. The maximum absolute atomic E-state index is 7.20. The molecular formula is C70H46O.